The first-order chi connectivity index (χ1) is 10.6. The van der Waals surface area contributed by atoms with Crippen LogP contribution in [-0.2, 0) is 11.3 Å². The monoisotopic (exact) mass is 321 g/mol. The molecule has 1 aromatic rings. The van der Waals surface area contributed by atoms with E-state index in [9.17, 15) is 14.0 Å². The van der Waals surface area contributed by atoms with Crippen molar-refractivity contribution in [1.82, 2.24) is 9.88 Å². The summed E-state index contributed by atoms with van der Waals surface area (Å²) in [6.07, 6.45) is 1.30. The molecule has 1 aliphatic rings. The van der Waals surface area contributed by atoms with Crippen molar-refractivity contribution in [3.8, 4) is 12.1 Å². The van der Waals surface area contributed by atoms with Gasteiger partial charge in [0.1, 0.15) is 23.7 Å². The molecule has 2 atom stereocenters. The maximum absolute atomic E-state index is 12.4. The molecule has 22 heavy (non-hydrogen) atoms. The van der Waals surface area contributed by atoms with Gasteiger partial charge in [0.05, 0.1) is 23.6 Å². The van der Waals surface area contributed by atoms with Crippen molar-refractivity contribution in [2.24, 2.45) is 0 Å². The van der Waals surface area contributed by atoms with E-state index in [4.69, 9.17) is 10.5 Å². The Kier molecular flexibility index (Phi) is 5.15. The van der Waals surface area contributed by atoms with Crippen LogP contribution in [0.2, 0.25) is 0 Å². The summed E-state index contributed by atoms with van der Waals surface area (Å²) in [7, 11) is 0. The van der Waals surface area contributed by atoms with Crippen LogP contribution in [0.1, 0.15) is 5.56 Å². The number of carbonyl (C=O) groups excluding carboxylic acids is 1. The molecule has 2 heterocycles. The minimum Gasteiger partial charge on any atom is -0.324 e. The molecule has 2 unspecified atom stereocenters. The molecule has 1 fully saturated rings. The van der Waals surface area contributed by atoms with Gasteiger partial charge in [0.2, 0.25) is 5.91 Å². The maximum Gasteiger partial charge on any atom is 0.268 e. The largest absolute Gasteiger partial charge is 0.324 e. The summed E-state index contributed by atoms with van der Waals surface area (Å²) in [6, 6.07) is 4.99. The van der Waals surface area contributed by atoms with E-state index >= 15 is 0 Å². The number of rotatable bonds is 4. The zero-order valence-corrected chi connectivity index (χ0v) is 12.2. The van der Waals surface area contributed by atoms with Gasteiger partial charge in [0, 0.05) is 12.7 Å². The van der Waals surface area contributed by atoms with Crippen molar-refractivity contribution >= 4 is 23.4 Å². The lowest BCUT2D eigenvalue weighted by atomic mass is 10.2. The van der Waals surface area contributed by atoms with Crippen LogP contribution in [0.5, 0.6) is 0 Å². The minimum absolute atomic E-state index is 0.168. The van der Waals surface area contributed by atoms with E-state index in [0.29, 0.717) is 6.54 Å². The molecule has 0 aromatic carbocycles. The number of aromatic nitrogens is 1. The Balaban J connectivity index is 2.18. The summed E-state index contributed by atoms with van der Waals surface area (Å²) in [5.74, 6) is -0.343. The molecule has 1 saturated heterocycles. The van der Waals surface area contributed by atoms with Crippen LogP contribution >= 0.6 is 11.8 Å². The van der Waals surface area contributed by atoms with Gasteiger partial charge >= 0.3 is 0 Å². The van der Waals surface area contributed by atoms with Crippen molar-refractivity contribution in [1.29, 1.82) is 10.5 Å². The summed E-state index contributed by atoms with van der Waals surface area (Å²) in [5, 5.41) is 22.3. The van der Waals surface area contributed by atoms with Gasteiger partial charge in [0.25, 0.3) is 5.56 Å². The number of anilines is 1. The Labute approximate surface area is 129 Å². The smallest absolute Gasteiger partial charge is 0.268 e. The molecule has 9 heteroatoms. The van der Waals surface area contributed by atoms with E-state index in [-0.39, 0.29) is 23.7 Å². The Morgan fingerprint density at radius 3 is 2.95 bits per heavy atom. The first-order valence-electron chi connectivity index (χ1n) is 6.39. The van der Waals surface area contributed by atoms with Gasteiger partial charge in [-0.1, -0.05) is 0 Å². The molecule has 0 spiro atoms. The topological polar surface area (TPSA) is 111 Å². The summed E-state index contributed by atoms with van der Waals surface area (Å²) in [5.41, 5.74) is -0.520. The van der Waals surface area contributed by atoms with E-state index in [1.54, 1.807) is 6.07 Å². The molecular weight excluding hydrogens is 309 g/mol. The molecule has 0 radical (unpaired) electrons. The van der Waals surface area contributed by atoms with Crippen molar-refractivity contribution in [2.75, 3.05) is 18.5 Å². The Hall–Kier alpha value is -2.36. The van der Waals surface area contributed by atoms with Crippen LogP contribution in [0.3, 0.4) is 0 Å². The first-order valence-corrected chi connectivity index (χ1v) is 7.33. The van der Waals surface area contributed by atoms with Crippen molar-refractivity contribution in [3.63, 3.8) is 0 Å². The molecule has 1 aliphatic heterocycles. The molecule has 1 amide bonds. The molecule has 114 valence electrons. The molecule has 0 aliphatic carbocycles. The minimum atomic E-state index is -0.756. The normalized spacial score (nSPS) is 20.1. The summed E-state index contributed by atoms with van der Waals surface area (Å²) in [6.45, 7) is -0.591. The number of hydrogen-bond acceptors (Lipinski definition) is 6. The van der Waals surface area contributed by atoms with Crippen LogP contribution in [0.15, 0.2) is 17.1 Å². The van der Waals surface area contributed by atoms with Gasteiger partial charge in [-0.2, -0.15) is 10.5 Å². The lowest BCUT2D eigenvalue weighted by Crippen LogP contribution is -2.30. The van der Waals surface area contributed by atoms with Crippen LogP contribution in [0.25, 0.3) is 0 Å². The second-order valence-electron chi connectivity index (χ2n) is 4.47. The summed E-state index contributed by atoms with van der Waals surface area (Å²) in [4.78, 5) is 23.9. The number of pyridine rings is 1. The predicted molar refractivity (Wildman–Crippen MR) is 78.8 cm³/mol. The third kappa shape index (κ3) is 3.45. The van der Waals surface area contributed by atoms with Gasteiger partial charge in [0.15, 0.2) is 0 Å². The quantitative estimate of drug-likeness (QED) is 0.818. The highest BCUT2D eigenvalue weighted by Gasteiger charge is 2.30. The number of nitriles is 2. The van der Waals surface area contributed by atoms with E-state index in [2.05, 4.69) is 10.6 Å². The SMILES string of the molecule is N#Cc1cc(NC(=O)C2CNC(C#N)S2)cn(CCF)c1=O. The average Bonchev–Trinajstić information content (AvgIpc) is 2.99. The molecule has 2 rings (SSSR count). The summed E-state index contributed by atoms with van der Waals surface area (Å²) < 4.78 is 13.5. The number of amides is 1. The number of carbonyl (C=O) groups is 1. The molecule has 1 aromatic heterocycles. The number of aryl methyl sites for hydroxylation is 1. The van der Waals surface area contributed by atoms with E-state index < -0.39 is 22.9 Å². The summed E-state index contributed by atoms with van der Waals surface area (Å²) >= 11 is 1.19. The number of thioether (sulfide) groups is 1. The van der Waals surface area contributed by atoms with Crippen molar-refractivity contribution in [3.05, 3.63) is 28.2 Å². The number of halogens is 1. The molecular formula is C13H12FN5O2S. The van der Waals surface area contributed by atoms with Crippen molar-refractivity contribution in [2.45, 2.75) is 17.2 Å². The lowest BCUT2D eigenvalue weighted by molar-refractivity contribution is -0.115. The van der Waals surface area contributed by atoms with Crippen LogP contribution in [-0.4, -0.2) is 34.3 Å². The predicted octanol–water partition coefficient (Wildman–Crippen LogP) is 0.183. The standard InChI is InChI=1S/C13H12FN5O2S/c14-1-2-19-7-9(3-8(4-15)13(19)21)18-12(20)10-6-17-11(5-16)22-10/h3,7,10-11,17H,1-2,6H2,(H,18,20). The Morgan fingerprint density at radius 1 is 1.59 bits per heavy atom. The van der Waals surface area contributed by atoms with Crippen LogP contribution < -0.4 is 16.2 Å². The van der Waals surface area contributed by atoms with Gasteiger partial charge in [-0.3, -0.25) is 14.9 Å². The highest BCUT2D eigenvalue weighted by molar-refractivity contribution is 8.01. The maximum atomic E-state index is 12.4. The Morgan fingerprint density at radius 2 is 2.36 bits per heavy atom. The highest BCUT2D eigenvalue weighted by Crippen LogP contribution is 2.23. The number of alkyl halides is 1. The Bertz CT molecular complexity index is 721. The van der Waals surface area contributed by atoms with Crippen molar-refractivity contribution < 1.29 is 9.18 Å². The highest BCUT2D eigenvalue weighted by atomic mass is 32.2. The fourth-order valence-electron chi connectivity index (χ4n) is 1.97. The lowest BCUT2D eigenvalue weighted by Gasteiger charge is -2.12. The molecule has 0 bridgehead atoms. The van der Waals surface area contributed by atoms with E-state index in [1.807, 2.05) is 6.07 Å². The zero-order chi connectivity index (χ0) is 16.1. The average molecular weight is 321 g/mol. The van der Waals surface area contributed by atoms with Gasteiger partial charge in [-0.15, -0.1) is 11.8 Å². The number of nitrogens with one attached hydrogen (secondary N) is 2. The van der Waals surface area contributed by atoms with E-state index in [1.165, 1.54) is 24.0 Å². The molecule has 7 nitrogen and oxygen atoms in total. The second-order valence-corrected chi connectivity index (χ2v) is 5.79. The molecule has 2 N–H and O–H groups in total. The third-order valence-corrected chi connectivity index (χ3v) is 4.25. The fourth-order valence-corrected chi connectivity index (χ4v) is 2.93. The zero-order valence-electron chi connectivity index (χ0n) is 11.4. The third-order valence-electron chi connectivity index (χ3n) is 3.00. The van der Waals surface area contributed by atoms with Crippen LogP contribution in [0.4, 0.5) is 10.1 Å². The first kappa shape index (κ1) is 16.0. The van der Waals surface area contributed by atoms with Gasteiger partial charge in [-0.25, -0.2) is 4.39 Å². The van der Waals surface area contributed by atoms with E-state index in [0.717, 1.165) is 4.57 Å². The second kappa shape index (κ2) is 7.07. The van der Waals surface area contributed by atoms with Crippen LogP contribution in [0, 0.1) is 22.7 Å². The number of hydrogen-bond donors (Lipinski definition) is 2. The number of nitrogens with zero attached hydrogens (tertiary/aromatic N) is 3. The van der Waals surface area contributed by atoms with Gasteiger partial charge < -0.3 is 9.88 Å². The van der Waals surface area contributed by atoms with Gasteiger partial charge in [-0.05, 0) is 6.07 Å². The fraction of sp³-hybridized carbons (Fsp3) is 0.385. The molecule has 0 saturated carbocycles.